The van der Waals surface area contributed by atoms with Crippen molar-refractivity contribution in [2.24, 2.45) is 0 Å². The summed E-state index contributed by atoms with van der Waals surface area (Å²) >= 11 is 0. The number of benzene rings is 2. The number of aromatic nitrogens is 4. The van der Waals surface area contributed by atoms with Gasteiger partial charge >= 0.3 is 6.09 Å². The van der Waals surface area contributed by atoms with E-state index in [-0.39, 0.29) is 21.2 Å². The van der Waals surface area contributed by atoms with Crippen molar-refractivity contribution in [1.82, 2.24) is 30.4 Å². The van der Waals surface area contributed by atoms with E-state index in [2.05, 4.69) is 20.5 Å². The Hall–Kier alpha value is -4.60. The van der Waals surface area contributed by atoms with E-state index in [0.29, 0.717) is 34.1 Å². The van der Waals surface area contributed by atoms with Crippen molar-refractivity contribution in [1.29, 1.82) is 0 Å². The molecule has 10 nitrogen and oxygen atoms in total. The molecular weight excluding hydrogens is 484 g/mol. The van der Waals surface area contributed by atoms with E-state index in [0.717, 1.165) is 11.1 Å². The van der Waals surface area contributed by atoms with Crippen LogP contribution in [0.3, 0.4) is 0 Å². The van der Waals surface area contributed by atoms with Gasteiger partial charge in [0.2, 0.25) is 5.89 Å². The minimum atomic E-state index is -0.570. The van der Waals surface area contributed by atoms with Crippen molar-refractivity contribution in [3.05, 3.63) is 71.5 Å². The van der Waals surface area contributed by atoms with Crippen LogP contribution in [0.5, 0.6) is 0 Å². The first-order chi connectivity index (χ1) is 18.0. The highest BCUT2D eigenvalue weighted by molar-refractivity contribution is 5.94. The molecule has 0 saturated carbocycles. The molecule has 0 fully saturated rings. The fraction of sp³-hybridized carbons (Fsp3) is 0.286. The average Bonchev–Trinajstić information content (AvgIpc) is 3.37. The second-order valence-corrected chi connectivity index (χ2v) is 9.93. The Kier molecular flexibility index (Phi) is 7.52. The number of amides is 2. The second-order valence-electron chi connectivity index (χ2n) is 9.93. The number of nitrogens with one attached hydrogen (secondary N) is 1. The van der Waals surface area contributed by atoms with Crippen LogP contribution in [-0.2, 0) is 11.3 Å². The van der Waals surface area contributed by atoms with Crippen molar-refractivity contribution in [3.63, 3.8) is 0 Å². The maximum absolute atomic E-state index is 12.2. The third-order valence-corrected chi connectivity index (χ3v) is 5.43. The zero-order chi connectivity index (χ0) is 27.4. The van der Waals surface area contributed by atoms with Crippen LogP contribution >= 0.6 is 0 Å². The van der Waals surface area contributed by atoms with Crippen molar-refractivity contribution < 1.29 is 21.6 Å². The van der Waals surface area contributed by atoms with Crippen molar-refractivity contribution in [2.75, 3.05) is 14.1 Å². The molecule has 0 aliphatic heterocycles. The number of alkyl carbamates (subject to hydrolysis) is 1. The summed E-state index contributed by atoms with van der Waals surface area (Å²) in [4.78, 5) is 34.9. The van der Waals surface area contributed by atoms with Gasteiger partial charge < -0.3 is 19.4 Å². The molecule has 0 unspecified atom stereocenters. The van der Waals surface area contributed by atoms with E-state index in [4.69, 9.17) is 14.1 Å². The number of ether oxygens (including phenoxy) is 1. The van der Waals surface area contributed by atoms with E-state index < -0.39 is 11.7 Å². The minimum absolute atomic E-state index is 0. The van der Waals surface area contributed by atoms with E-state index >= 15 is 0 Å². The summed E-state index contributed by atoms with van der Waals surface area (Å²) in [6.07, 6.45) is 1.18. The number of aryl methyl sites for hydroxylation is 1. The lowest BCUT2D eigenvalue weighted by molar-refractivity contribution is 0.0523. The van der Waals surface area contributed by atoms with Crippen LogP contribution in [0.2, 0.25) is 0 Å². The van der Waals surface area contributed by atoms with Crippen LogP contribution in [0.4, 0.5) is 4.79 Å². The molecule has 2 aromatic carbocycles. The van der Waals surface area contributed by atoms with Gasteiger partial charge in [0.05, 0.1) is 17.6 Å². The Bertz CT molecular complexity index is 1470. The quantitative estimate of drug-likeness (QED) is 0.360. The molecule has 0 spiro atoms. The highest BCUT2D eigenvalue weighted by Crippen LogP contribution is 2.27. The number of hydrogen-bond donors (Lipinski definition) is 1. The Morgan fingerprint density at radius 2 is 1.74 bits per heavy atom. The fourth-order valence-electron chi connectivity index (χ4n) is 3.57. The third kappa shape index (κ3) is 6.39. The molecule has 0 atom stereocenters. The largest absolute Gasteiger partial charge is 0.444 e. The van der Waals surface area contributed by atoms with E-state index in [1.807, 2.05) is 64.1 Å². The number of carbonyl (C=O) groups excluding carboxylic acids is 2. The Morgan fingerprint density at radius 1 is 1.03 bits per heavy atom. The lowest BCUT2D eigenvalue weighted by Gasteiger charge is -2.19. The lowest BCUT2D eigenvalue weighted by Crippen LogP contribution is -2.32. The zero-order valence-electron chi connectivity index (χ0n) is 22.3. The molecule has 4 aromatic rings. The first kappa shape index (κ1) is 26.5. The molecule has 200 valence electrons. The number of nitrogens with zero attached hydrogens (tertiary/aromatic N) is 5. The van der Waals surface area contributed by atoms with E-state index in [1.165, 1.54) is 4.90 Å². The molecule has 1 N–H and O–H groups in total. The summed E-state index contributed by atoms with van der Waals surface area (Å²) in [6.45, 7) is 7.54. The minimum Gasteiger partial charge on any atom is -0.444 e. The number of carbonyl (C=O) groups is 2. The fourth-order valence-corrected chi connectivity index (χ4v) is 3.57. The summed E-state index contributed by atoms with van der Waals surface area (Å²) in [6, 6.07) is 14.6. The first-order valence-corrected chi connectivity index (χ1v) is 12.1. The van der Waals surface area contributed by atoms with Crippen molar-refractivity contribution in [3.8, 4) is 34.3 Å². The molecule has 2 heterocycles. The predicted octanol–water partition coefficient (Wildman–Crippen LogP) is 5.39. The molecule has 0 aliphatic carbocycles. The second kappa shape index (κ2) is 10.8. The van der Waals surface area contributed by atoms with E-state index in [9.17, 15) is 9.59 Å². The number of rotatable bonds is 6. The van der Waals surface area contributed by atoms with Gasteiger partial charge in [-0.1, -0.05) is 24.3 Å². The summed E-state index contributed by atoms with van der Waals surface area (Å²) in [5.74, 6) is 0.483. The zero-order valence-corrected chi connectivity index (χ0v) is 22.3. The highest BCUT2D eigenvalue weighted by Gasteiger charge is 2.18. The van der Waals surface area contributed by atoms with Crippen molar-refractivity contribution in [2.45, 2.75) is 39.8 Å². The van der Waals surface area contributed by atoms with Crippen LogP contribution < -0.4 is 5.32 Å². The van der Waals surface area contributed by atoms with Crippen molar-refractivity contribution >= 4 is 12.0 Å². The maximum Gasteiger partial charge on any atom is 0.407 e. The predicted molar refractivity (Wildman–Crippen MR) is 146 cm³/mol. The van der Waals surface area contributed by atoms with Gasteiger partial charge in [0, 0.05) is 40.2 Å². The normalized spacial score (nSPS) is 11.2. The molecule has 0 aliphatic rings. The SMILES string of the molecule is Cc1ncc(-c2ccc(C(=O)N(C)C)cc2)nc1-c1nnc(-c2cccc(CNC(=O)OC(C)(C)C)c2)o1.[HH].[HH]. The van der Waals surface area contributed by atoms with Crippen LogP contribution in [0.1, 0.15) is 45.2 Å². The standard InChI is InChI=1S/C28H30N6O4.2H2/c1-17-23(31-22(16-29-17)19-10-12-20(13-11-19)26(35)34(5)6)25-33-32-24(37-25)21-9-7-8-18(14-21)15-30-27(36)38-28(2,3)4;;/h7-14,16H,15H2,1-6H3,(H,30,36);2*1H. The molecule has 4 rings (SSSR count). The molecule has 10 heteroatoms. The van der Waals surface area contributed by atoms with Gasteiger partial charge in [-0.2, -0.15) is 0 Å². The summed E-state index contributed by atoms with van der Waals surface area (Å²) in [7, 11) is 3.42. The van der Waals surface area contributed by atoms with Gasteiger partial charge in [-0.05, 0) is 57.5 Å². The summed E-state index contributed by atoms with van der Waals surface area (Å²) in [5.41, 5.74) is 4.10. The Balaban J connectivity index is 0.00000280. The van der Waals surface area contributed by atoms with Crippen LogP contribution in [0, 0.1) is 6.92 Å². The van der Waals surface area contributed by atoms with Gasteiger partial charge in [-0.25, -0.2) is 9.78 Å². The molecule has 2 amide bonds. The summed E-state index contributed by atoms with van der Waals surface area (Å²) in [5, 5.41) is 11.1. The third-order valence-electron chi connectivity index (χ3n) is 5.43. The van der Waals surface area contributed by atoms with Gasteiger partial charge in [-0.15, -0.1) is 10.2 Å². The smallest absolute Gasteiger partial charge is 0.407 e. The van der Waals surface area contributed by atoms with E-state index in [1.54, 1.807) is 32.4 Å². The Labute approximate surface area is 224 Å². The molecule has 38 heavy (non-hydrogen) atoms. The lowest BCUT2D eigenvalue weighted by atomic mass is 10.1. The highest BCUT2D eigenvalue weighted by atomic mass is 16.6. The molecule has 0 radical (unpaired) electrons. The van der Waals surface area contributed by atoms with Gasteiger partial charge in [0.25, 0.3) is 11.8 Å². The molecule has 2 aromatic heterocycles. The van der Waals surface area contributed by atoms with Gasteiger partial charge in [-0.3, -0.25) is 9.78 Å². The Morgan fingerprint density at radius 3 is 2.42 bits per heavy atom. The molecule has 0 saturated heterocycles. The van der Waals surface area contributed by atoms with Gasteiger partial charge in [0.15, 0.2) is 0 Å². The van der Waals surface area contributed by atoms with Crippen LogP contribution in [0.15, 0.2) is 59.1 Å². The topological polar surface area (TPSA) is 123 Å². The first-order valence-electron chi connectivity index (χ1n) is 12.1. The maximum atomic E-state index is 12.2. The summed E-state index contributed by atoms with van der Waals surface area (Å²) < 4.78 is 11.2. The van der Waals surface area contributed by atoms with Crippen LogP contribution in [-0.4, -0.2) is 56.8 Å². The number of hydrogen-bond acceptors (Lipinski definition) is 8. The molecular formula is C28H34N6O4. The van der Waals surface area contributed by atoms with Gasteiger partial charge in [0.1, 0.15) is 11.3 Å². The average molecular weight is 519 g/mol. The van der Waals surface area contributed by atoms with Crippen LogP contribution in [0.25, 0.3) is 34.3 Å². The monoisotopic (exact) mass is 518 g/mol. The molecule has 0 bridgehead atoms.